The summed E-state index contributed by atoms with van der Waals surface area (Å²) in [5, 5.41) is 0. The van der Waals surface area contributed by atoms with E-state index in [4.69, 9.17) is 0 Å². The molecule has 2 aromatic heterocycles. The van der Waals surface area contributed by atoms with Gasteiger partial charge in [0.05, 0.1) is 11.9 Å². The average molecular weight is 201 g/mol. The molecule has 0 radical (unpaired) electrons. The second-order valence-electron chi connectivity index (χ2n) is 4.01. The third-order valence-corrected chi connectivity index (χ3v) is 2.39. The van der Waals surface area contributed by atoms with Gasteiger partial charge in [0, 0.05) is 17.5 Å². The molecule has 78 valence electrons. The highest BCUT2D eigenvalue weighted by atomic mass is 14.9. The molecule has 2 heterocycles. The standard InChI is InChI=1S/C12H15N3/c1-8(2)11-5-4-10(6-14-11)12-7-13-9(3)15-12/h4-8H,1-3H3,(H,13,15). The Hall–Kier alpha value is -1.64. The number of aromatic nitrogens is 3. The van der Waals surface area contributed by atoms with E-state index in [1.54, 1.807) is 0 Å². The van der Waals surface area contributed by atoms with Crippen LogP contribution >= 0.6 is 0 Å². The minimum atomic E-state index is 0.475. The summed E-state index contributed by atoms with van der Waals surface area (Å²) >= 11 is 0. The summed E-state index contributed by atoms with van der Waals surface area (Å²) in [5.74, 6) is 1.40. The Morgan fingerprint density at radius 3 is 2.40 bits per heavy atom. The summed E-state index contributed by atoms with van der Waals surface area (Å²) < 4.78 is 0. The molecule has 0 aromatic carbocycles. The second kappa shape index (κ2) is 3.85. The van der Waals surface area contributed by atoms with Gasteiger partial charge in [0.1, 0.15) is 5.82 Å². The van der Waals surface area contributed by atoms with Gasteiger partial charge in [-0.2, -0.15) is 0 Å². The molecule has 0 aliphatic rings. The molecule has 0 unspecified atom stereocenters. The fourth-order valence-electron chi connectivity index (χ4n) is 1.47. The van der Waals surface area contributed by atoms with Gasteiger partial charge in [0.15, 0.2) is 0 Å². The van der Waals surface area contributed by atoms with Crippen molar-refractivity contribution in [3.05, 3.63) is 36.0 Å². The number of nitrogens with one attached hydrogen (secondary N) is 1. The van der Waals surface area contributed by atoms with Crippen LogP contribution in [0.2, 0.25) is 0 Å². The summed E-state index contributed by atoms with van der Waals surface area (Å²) in [7, 11) is 0. The van der Waals surface area contributed by atoms with Crippen LogP contribution in [-0.4, -0.2) is 15.0 Å². The lowest BCUT2D eigenvalue weighted by Gasteiger charge is -2.04. The van der Waals surface area contributed by atoms with Crippen molar-refractivity contribution >= 4 is 0 Å². The molecule has 0 aliphatic heterocycles. The van der Waals surface area contributed by atoms with E-state index in [1.807, 2.05) is 19.3 Å². The number of hydrogen-bond donors (Lipinski definition) is 1. The predicted molar refractivity (Wildman–Crippen MR) is 60.6 cm³/mol. The van der Waals surface area contributed by atoms with Crippen LogP contribution in [0.4, 0.5) is 0 Å². The van der Waals surface area contributed by atoms with Crippen LogP contribution in [0.15, 0.2) is 24.5 Å². The van der Waals surface area contributed by atoms with Crippen LogP contribution < -0.4 is 0 Å². The zero-order chi connectivity index (χ0) is 10.8. The highest BCUT2D eigenvalue weighted by molar-refractivity contribution is 5.57. The summed E-state index contributed by atoms with van der Waals surface area (Å²) in [6, 6.07) is 4.14. The smallest absolute Gasteiger partial charge is 0.103 e. The number of H-pyrrole nitrogens is 1. The Morgan fingerprint density at radius 1 is 1.13 bits per heavy atom. The Balaban J connectivity index is 2.31. The van der Waals surface area contributed by atoms with E-state index < -0.39 is 0 Å². The van der Waals surface area contributed by atoms with E-state index in [0.717, 1.165) is 22.8 Å². The number of hydrogen-bond acceptors (Lipinski definition) is 2. The van der Waals surface area contributed by atoms with E-state index in [9.17, 15) is 0 Å². The quantitative estimate of drug-likeness (QED) is 0.811. The maximum absolute atomic E-state index is 4.42. The van der Waals surface area contributed by atoms with Crippen molar-refractivity contribution in [2.75, 3.05) is 0 Å². The van der Waals surface area contributed by atoms with Crippen molar-refractivity contribution in [1.82, 2.24) is 15.0 Å². The molecule has 0 fully saturated rings. The molecule has 0 atom stereocenters. The lowest BCUT2D eigenvalue weighted by Crippen LogP contribution is -1.91. The van der Waals surface area contributed by atoms with E-state index in [-0.39, 0.29) is 0 Å². The first kappa shape index (κ1) is 9.90. The summed E-state index contributed by atoms with van der Waals surface area (Å²) in [4.78, 5) is 11.8. The highest BCUT2D eigenvalue weighted by Crippen LogP contribution is 2.18. The third-order valence-electron chi connectivity index (χ3n) is 2.39. The molecule has 3 heteroatoms. The summed E-state index contributed by atoms with van der Waals surface area (Å²) in [6.07, 6.45) is 3.73. The molecule has 2 rings (SSSR count). The zero-order valence-electron chi connectivity index (χ0n) is 9.28. The maximum Gasteiger partial charge on any atom is 0.103 e. The molecule has 0 saturated heterocycles. The molecule has 15 heavy (non-hydrogen) atoms. The molecule has 3 nitrogen and oxygen atoms in total. The largest absolute Gasteiger partial charge is 0.342 e. The minimum absolute atomic E-state index is 0.475. The fraction of sp³-hybridized carbons (Fsp3) is 0.333. The van der Waals surface area contributed by atoms with Gasteiger partial charge < -0.3 is 4.98 Å². The van der Waals surface area contributed by atoms with Crippen LogP contribution in [0, 0.1) is 6.92 Å². The van der Waals surface area contributed by atoms with Crippen molar-refractivity contribution in [3.8, 4) is 11.3 Å². The second-order valence-corrected chi connectivity index (χ2v) is 4.01. The number of pyridine rings is 1. The van der Waals surface area contributed by atoms with Gasteiger partial charge in [-0.15, -0.1) is 0 Å². The van der Waals surface area contributed by atoms with Gasteiger partial charge in [-0.3, -0.25) is 4.98 Å². The van der Waals surface area contributed by atoms with Crippen molar-refractivity contribution in [3.63, 3.8) is 0 Å². The zero-order valence-corrected chi connectivity index (χ0v) is 9.28. The first-order valence-corrected chi connectivity index (χ1v) is 5.15. The predicted octanol–water partition coefficient (Wildman–Crippen LogP) is 2.90. The van der Waals surface area contributed by atoms with Crippen LogP contribution in [0.25, 0.3) is 11.3 Å². The number of aromatic amines is 1. The van der Waals surface area contributed by atoms with Gasteiger partial charge in [0.25, 0.3) is 0 Å². The third kappa shape index (κ3) is 2.06. The lowest BCUT2D eigenvalue weighted by atomic mass is 10.1. The Morgan fingerprint density at radius 2 is 1.93 bits per heavy atom. The molecule has 1 N–H and O–H groups in total. The molecular weight excluding hydrogens is 186 g/mol. The monoisotopic (exact) mass is 201 g/mol. The SMILES string of the molecule is Cc1ncc(-c2ccc(C(C)C)nc2)[nH]1. The van der Waals surface area contributed by atoms with E-state index >= 15 is 0 Å². The first-order valence-electron chi connectivity index (χ1n) is 5.15. The van der Waals surface area contributed by atoms with Crippen molar-refractivity contribution in [2.24, 2.45) is 0 Å². The van der Waals surface area contributed by atoms with Crippen molar-refractivity contribution in [2.45, 2.75) is 26.7 Å². The van der Waals surface area contributed by atoms with Gasteiger partial charge >= 0.3 is 0 Å². The average Bonchev–Trinajstić information content (AvgIpc) is 2.65. The van der Waals surface area contributed by atoms with Crippen LogP contribution in [0.3, 0.4) is 0 Å². The Bertz CT molecular complexity index is 440. The van der Waals surface area contributed by atoms with E-state index in [1.165, 1.54) is 0 Å². The number of nitrogens with zero attached hydrogens (tertiary/aromatic N) is 2. The molecule has 0 saturated carbocycles. The number of rotatable bonds is 2. The number of aryl methyl sites for hydroxylation is 1. The van der Waals surface area contributed by atoms with Crippen LogP contribution in [0.5, 0.6) is 0 Å². The van der Waals surface area contributed by atoms with Gasteiger partial charge in [-0.05, 0) is 25.0 Å². The summed E-state index contributed by atoms with van der Waals surface area (Å²) in [6.45, 7) is 6.23. The normalized spacial score (nSPS) is 10.9. The van der Waals surface area contributed by atoms with Crippen LogP contribution in [-0.2, 0) is 0 Å². The first-order chi connectivity index (χ1) is 7.16. The minimum Gasteiger partial charge on any atom is -0.342 e. The van der Waals surface area contributed by atoms with E-state index in [2.05, 4.69) is 40.9 Å². The topological polar surface area (TPSA) is 41.6 Å². The van der Waals surface area contributed by atoms with Crippen molar-refractivity contribution in [1.29, 1.82) is 0 Å². The molecule has 0 amide bonds. The van der Waals surface area contributed by atoms with Gasteiger partial charge in [0.2, 0.25) is 0 Å². The molecule has 0 spiro atoms. The van der Waals surface area contributed by atoms with Crippen molar-refractivity contribution < 1.29 is 0 Å². The van der Waals surface area contributed by atoms with E-state index in [0.29, 0.717) is 5.92 Å². The fourth-order valence-corrected chi connectivity index (χ4v) is 1.47. The summed E-state index contributed by atoms with van der Waals surface area (Å²) in [5.41, 5.74) is 3.23. The Kier molecular flexibility index (Phi) is 2.54. The van der Waals surface area contributed by atoms with Crippen LogP contribution in [0.1, 0.15) is 31.3 Å². The number of imidazole rings is 1. The van der Waals surface area contributed by atoms with Gasteiger partial charge in [-0.1, -0.05) is 13.8 Å². The molecule has 2 aromatic rings. The Labute approximate surface area is 89.6 Å². The van der Waals surface area contributed by atoms with Gasteiger partial charge in [-0.25, -0.2) is 4.98 Å². The molecule has 0 bridgehead atoms. The molecular formula is C12H15N3. The lowest BCUT2D eigenvalue weighted by molar-refractivity contribution is 0.823. The highest BCUT2D eigenvalue weighted by Gasteiger charge is 2.03. The molecule has 0 aliphatic carbocycles. The maximum atomic E-state index is 4.42.